The van der Waals surface area contributed by atoms with E-state index in [1.165, 1.54) is 27.9 Å². The third kappa shape index (κ3) is 4.22. The Morgan fingerprint density at radius 1 is 1.03 bits per heavy atom. The van der Waals surface area contributed by atoms with Crippen LogP contribution < -0.4 is 10.9 Å². The van der Waals surface area contributed by atoms with E-state index in [1.54, 1.807) is 54.0 Å². The quantitative estimate of drug-likeness (QED) is 0.514. The smallest absolute Gasteiger partial charge is 0.338 e. The number of rotatable bonds is 5. The van der Waals surface area contributed by atoms with E-state index in [2.05, 4.69) is 10.3 Å². The van der Waals surface area contributed by atoms with Gasteiger partial charge in [0.2, 0.25) is 0 Å². The van der Waals surface area contributed by atoms with Gasteiger partial charge in [-0.15, -0.1) is 11.3 Å². The van der Waals surface area contributed by atoms with Crippen LogP contribution in [-0.4, -0.2) is 21.3 Å². The Hall–Kier alpha value is -3.78. The maximum absolute atomic E-state index is 12.4. The van der Waals surface area contributed by atoms with Crippen LogP contribution in [0.2, 0.25) is 0 Å². The van der Waals surface area contributed by atoms with Crippen molar-refractivity contribution < 1.29 is 14.3 Å². The molecule has 2 aromatic carbocycles. The van der Waals surface area contributed by atoms with E-state index in [1.807, 2.05) is 6.07 Å². The van der Waals surface area contributed by atoms with Gasteiger partial charge < -0.3 is 10.1 Å². The number of thiazole rings is 1. The number of nitrogens with one attached hydrogen (secondary N) is 1. The highest BCUT2D eigenvalue weighted by atomic mass is 32.1. The lowest BCUT2D eigenvalue weighted by atomic mass is 10.1. The van der Waals surface area contributed by atoms with Gasteiger partial charge in [0.25, 0.3) is 11.5 Å². The molecule has 8 heteroatoms. The van der Waals surface area contributed by atoms with Gasteiger partial charge in [-0.3, -0.25) is 14.0 Å². The highest BCUT2D eigenvalue weighted by molar-refractivity contribution is 7.15. The van der Waals surface area contributed by atoms with Crippen LogP contribution in [0.5, 0.6) is 0 Å². The first kappa shape index (κ1) is 18.6. The first-order chi connectivity index (χ1) is 14.1. The van der Waals surface area contributed by atoms with Gasteiger partial charge in [-0.05, 0) is 30.3 Å². The number of carbonyl (C=O) groups is 2. The number of aromatic nitrogens is 2. The topological polar surface area (TPSA) is 89.8 Å². The molecule has 0 bridgehead atoms. The summed E-state index contributed by atoms with van der Waals surface area (Å²) in [5, 5.41) is 4.51. The number of amides is 1. The van der Waals surface area contributed by atoms with E-state index in [0.29, 0.717) is 21.9 Å². The van der Waals surface area contributed by atoms with Gasteiger partial charge in [0.1, 0.15) is 6.61 Å². The SMILES string of the molecule is O=C(Nc1cccc(C(=O)OCc2cc(=O)n3ccsc3n2)c1)c1ccccc1. The van der Waals surface area contributed by atoms with Crippen molar-refractivity contribution >= 4 is 33.9 Å². The molecule has 0 atom stereocenters. The van der Waals surface area contributed by atoms with Crippen LogP contribution in [0.1, 0.15) is 26.4 Å². The second-order valence-corrected chi connectivity index (χ2v) is 6.99. The number of benzene rings is 2. The van der Waals surface area contributed by atoms with Gasteiger partial charge in [0.15, 0.2) is 4.96 Å². The number of esters is 1. The van der Waals surface area contributed by atoms with E-state index in [0.717, 1.165) is 0 Å². The number of nitrogens with zero attached hydrogens (tertiary/aromatic N) is 2. The molecule has 0 spiro atoms. The minimum Gasteiger partial charge on any atom is -0.456 e. The molecule has 29 heavy (non-hydrogen) atoms. The molecule has 0 fully saturated rings. The van der Waals surface area contributed by atoms with Crippen LogP contribution in [0.4, 0.5) is 5.69 Å². The van der Waals surface area contributed by atoms with E-state index in [9.17, 15) is 14.4 Å². The molecule has 0 aliphatic rings. The van der Waals surface area contributed by atoms with Gasteiger partial charge in [0, 0.05) is 28.9 Å². The molecule has 7 nitrogen and oxygen atoms in total. The molecular formula is C21H15N3O4S. The maximum atomic E-state index is 12.4. The molecule has 2 aromatic heterocycles. The van der Waals surface area contributed by atoms with Crippen molar-refractivity contribution in [3.63, 3.8) is 0 Å². The molecule has 0 aliphatic heterocycles. The van der Waals surface area contributed by atoms with Crippen molar-refractivity contribution in [2.24, 2.45) is 0 Å². The lowest BCUT2D eigenvalue weighted by Crippen LogP contribution is -2.15. The predicted octanol–water partition coefficient (Wildman–Crippen LogP) is 3.37. The first-order valence-electron chi connectivity index (χ1n) is 8.69. The van der Waals surface area contributed by atoms with Crippen molar-refractivity contribution in [3.8, 4) is 0 Å². The number of carbonyl (C=O) groups excluding carboxylic acids is 2. The predicted molar refractivity (Wildman–Crippen MR) is 109 cm³/mol. The molecule has 0 saturated heterocycles. The van der Waals surface area contributed by atoms with Crippen molar-refractivity contribution in [2.45, 2.75) is 6.61 Å². The Morgan fingerprint density at radius 3 is 2.66 bits per heavy atom. The summed E-state index contributed by atoms with van der Waals surface area (Å²) in [5.41, 5.74) is 1.42. The fourth-order valence-electron chi connectivity index (χ4n) is 2.70. The average molecular weight is 405 g/mol. The molecule has 0 saturated carbocycles. The standard InChI is InChI=1S/C21H15N3O4S/c25-18-12-17(23-21-24(18)9-10-29-21)13-28-20(27)15-7-4-8-16(11-15)22-19(26)14-5-2-1-3-6-14/h1-12H,13H2,(H,22,26). The number of hydrogen-bond acceptors (Lipinski definition) is 6. The van der Waals surface area contributed by atoms with Gasteiger partial charge in [0.05, 0.1) is 11.3 Å². The van der Waals surface area contributed by atoms with Gasteiger partial charge in [-0.25, -0.2) is 9.78 Å². The van der Waals surface area contributed by atoms with Crippen LogP contribution in [0, 0.1) is 0 Å². The summed E-state index contributed by atoms with van der Waals surface area (Å²) in [4.78, 5) is 41.5. The molecule has 4 aromatic rings. The molecule has 1 amide bonds. The molecule has 0 radical (unpaired) electrons. The lowest BCUT2D eigenvalue weighted by Gasteiger charge is -2.08. The van der Waals surface area contributed by atoms with Crippen molar-refractivity contribution in [3.05, 3.63) is 99.4 Å². The van der Waals surface area contributed by atoms with E-state index in [-0.39, 0.29) is 23.6 Å². The van der Waals surface area contributed by atoms with Gasteiger partial charge in [-0.1, -0.05) is 24.3 Å². The molecular weight excluding hydrogens is 390 g/mol. The van der Waals surface area contributed by atoms with Crippen molar-refractivity contribution in [2.75, 3.05) is 5.32 Å². The monoisotopic (exact) mass is 405 g/mol. The Kier molecular flexibility index (Phi) is 5.17. The van der Waals surface area contributed by atoms with E-state index >= 15 is 0 Å². The summed E-state index contributed by atoms with van der Waals surface area (Å²) in [7, 11) is 0. The summed E-state index contributed by atoms with van der Waals surface area (Å²) in [6.45, 7) is -0.122. The van der Waals surface area contributed by atoms with Gasteiger partial charge in [-0.2, -0.15) is 0 Å². The Labute approximate surface area is 169 Å². The summed E-state index contributed by atoms with van der Waals surface area (Å²) in [6, 6.07) is 16.6. The summed E-state index contributed by atoms with van der Waals surface area (Å²) < 4.78 is 6.71. The molecule has 0 unspecified atom stereocenters. The third-order valence-corrected chi connectivity index (χ3v) is 4.86. The third-order valence-electron chi connectivity index (χ3n) is 4.10. The fraction of sp³-hybridized carbons (Fsp3) is 0.0476. The molecule has 2 heterocycles. The van der Waals surface area contributed by atoms with E-state index in [4.69, 9.17) is 4.74 Å². The average Bonchev–Trinajstić information content (AvgIpc) is 3.22. The Balaban J connectivity index is 1.44. The van der Waals surface area contributed by atoms with Crippen molar-refractivity contribution in [1.29, 1.82) is 0 Å². The second kappa shape index (κ2) is 8.07. The highest BCUT2D eigenvalue weighted by Crippen LogP contribution is 2.14. The number of fused-ring (bicyclic) bond motifs is 1. The van der Waals surface area contributed by atoms with Crippen LogP contribution in [0.15, 0.2) is 77.0 Å². The number of anilines is 1. The lowest BCUT2D eigenvalue weighted by molar-refractivity contribution is 0.0467. The minimum atomic E-state index is -0.575. The Bertz CT molecular complexity index is 1250. The maximum Gasteiger partial charge on any atom is 0.338 e. The zero-order valence-electron chi connectivity index (χ0n) is 15.1. The summed E-state index contributed by atoms with van der Waals surface area (Å²) in [6.07, 6.45) is 1.64. The number of ether oxygens (including phenoxy) is 1. The molecule has 0 aliphatic carbocycles. The number of hydrogen-bond donors (Lipinski definition) is 1. The molecule has 1 N–H and O–H groups in total. The molecule has 4 rings (SSSR count). The van der Waals surface area contributed by atoms with Crippen LogP contribution in [0.3, 0.4) is 0 Å². The zero-order chi connectivity index (χ0) is 20.2. The second-order valence-electron chi connectivity index (χ2n) is 6.12. The first-order valence-corrected chi connectivity index (χ1v) is 9.57. The normalized spacial score (nSPS) is 10.6. The van der Waals surface area contributed by atoms with Crippen LogP contribution in [-0.2, 0) is 11.3 Å². The zero-order valence-corrected chi connectivity index (χ0v) is 15.9. The minimum absolute atomic E-state index is 0.122. The highest BCUT2D eigenvalue weighted by Gasteiger charge is 2.12. The van der Waals surface area contributed by atoms with Crippen LogP contribution in [0.25, 0.3) is 4.96 Å². The van der Waals surface area contributed by atoms with Gasteiger partial charge >= 0.3 is 5.97 Å². The van der Waals surface area contributed by atoms with Crippen LogP contribution >= 0.6 is 11.3 Å². The van der Waals surface area contributed by atoms with Crippen molar-refractivity contribution in [1.82, 2.24) is 9.38 Å². The largest absolute Gasteiger partial charge is 0.456 e. The fourth-order valence-corrected chi connectivity index (χ4v) is 3.44. The van der Waals surface area contributed by atoms with E-state index < -0.39 is 5.97 Å². The molecule has 144 valence electrons. The Morgan fingerprint density at radius 2 is 1.83 bits per heavy atom. The summed E-state index contributed by atoms with van der Waals surface area (Å²) >= 11 is 1.32. The summed E-state index contributed by atoms with van der Waals surface area (Å²) in [5.74, 6) is -0.848.